The maximum Gasteiger partial charge on any atom is 0.0554 e. The van der Waals surface area contributed by atoms with Crippen LogP contribution in [0.1, 0.15) is 16.7 Å². The standard InChI is InChI=1S/C49H35N/c1-30-26-31(2)49(32(3)27-30)50-45-25-24-33-12-4-7-15-38(33)47(45)48-42-19-11-10-18-41(42)44(29-46(48)50)35-22-20-34(21-23-35)43-28-36-13-5-6-14-37(36)39-16-8-9-17-40(39)43/h4-29H,1-3H3. The van der Waals surface area contributed by atoms with E-state index >= 15 is 0 Å². The van der Waals surface area contributed by atoms with Crippen LogP contribution in [0.4, 0.5) is 0 Å². The summed E-state index contributed by atoms with van der Waals surface area (Å²) in [6, 6.07) is 58.6. The SMILES string of the molecule is Cc1cc(C)c(-n2c3ccc4ccccc4c3c3c4ccccc4c(-c4ccc(-c5cc6ccccc6c6ccccc56)cc4)cc32)c(C)c1. The van der Waals surface area contributed by atoms with Gasteiger partial charge in [-0.05, 0) is 115 Å². The Bertz CT molecular complexity index is 2970. The van der Waals surface area contributed by atoms with Gasteiger partial charge in [0, 0.05) is 10.8 Å². The molecule has 9 aromatic carbocycles. The number of benzene rings is 9. The molecule has 0 unspecified atom stereocenters. The summed E-state index contributed by atoms with van der Waals surface area (Å²) in [7, 11) is 0. The highest BCUT2D eigenvalue weighted by molar-refractivity contribution is 6.30. The van der Waals surface area contributed by atoms with E-state index in [4.69, 9.17) is 0 Å². The smallest absolute Gasteiger partial charge is 0.0554 e. The monoisotopic (exact) mass is 637 g/mol. The Morgan fingerprint density at radius 2 is 0.860 bits per heavy atom. The van der Waals surface area contributed by atoms with Gasteiger partial charge in [0.2, 0.25) is 0 Å². The highest BCUT2D eigenvalue weighted by atomic mass is 15.0. The summed E-state index contributed by atoms with van der Waals surface area (Å²) in [5.74, 6) is 0. The molecule has 1 aromatic heterocycles. The molecule has 0 amide bonds. The van der Waals surface area contributed by atoms with Crippen molar-refractivity contribution in [3.8, 4) is 27.9 Å². The van der Waals surface area contributed by atoms with E-state index in [1.165, 1.54) is 110 Å². The average molecular weight is 638 g/mol. The first-order chi connectivity index (χ1) is 24.5. The van der Waals surface area contributed by atoms with Crippen LogP contribution in [0, 0.1) is 20.8 Å². The van der Waals surface area contributed by atoms with Crippen LogP contribution in [0.3, 0.4) is 0 Å². The molecule has 0 N–H and O–H groups in total. The summed E-state index contributed by atoms with van der Waals surface area (Å²) >= 11 is 0. The molecule has 0 fully saturated rings. The molecule has 1 heterocycles. The Kier molecular flexibility index (Phi) is 6.29. The predicted molar refractivity (Wildman–Crippen MR) is 216 cm³/mol. The molecule has 1 heteroatoms. The number of aryl methyl sites for hydroxylation is 3. The molecule has 0 saturated carbocycles. The average Bonchev–Trinajstić information content (AvgIpc) is 3.48. The van der Waals surface area contributed by atoms with Gasteiger partial charge in [0.05, 0.1) is 16.7 Å². The number of fused-ring (bicyclic) bond motifs is 10. The van der Waals surface area contributed by atoms with Gasteiger partial charge in [-0.1, -0.05) is 145 Å². The van der Waals surface area contributed by atoms with E-state index < -0.39 is 0 Å². The normalized spacial score (nSPS) is 11.9. The third-order valence-corrected chi connectivity index (χ3v) is 10.8. The fourth-order valence-electron chi connectivity index (χ4n) is 8.77. The van der Waals surface area contributed by atoms with E-state index in [0.29, 0.717) is 0 Å². The Morgan fingerprint density at radius 1 is 0.360 bits per heavy atom. The van der Waals surface area contributed by atoms with Crippen molar-refractivity contribution in [2.24, 2.45) is 0 Å². The molecule has 0 radical (unpaired) electrons. The third kappa shape index (κ3) is 4.20. The molecule has 1 nitrogen and oxygen atoms in total. The number of rotatable bonds is 3. The van der Waals surface area contributed by atoms with Gasteiger partial charge in [0.25, 0.3) is 0 Å². The number of hydrogen-bond donors (Lipinski definition) is 0. The van der Waals surface area contributed by atoms with Crippen molar-refractivity contribution >= 4 is 64.9 Å². The Morgan fingerprint density at radius 3 is 1.54 bits per heavy atom. The van der Waals surface area contributed by atoms with Crippen molar-refractivity contribution in [2.45, 2.75) is 20.8 Å². The molecule has 10 rings (SSSR count). The van der Waals surface area contributed by atoms with E-state index in [2.05, 4.69) is 183 Å². The number of hydrogen-bond acceptors (Lipinski definition) is 0. The minimum absolute atomic E-state index is 1.22. The molecule has 236 valence electrons. The molecule has 0 spiro atoms. The Labute approximate surface area is 291 Å². The van der Waals surface area contributed by atoms with Gasteiger partial charge in [-0.15, -0.1) is 0 Å². The summed E-state index contributed by atoms with van der Waals surface area (Å²) < 4.78 is 2.53. The van der Waals surface area contributed by atoms with E-state index in [9.17, 15) is 0 Å². The largest absolute Gasteiger partial charge is 0.309 e. The van der Waals surface area contributed by atoms with Gasteiger partial charge < -0.3 is 4.57 Å². The highest BCUT2D eigenvalue weighted by Gasteiger charge is 2.21. The second-order valence-electron chi connectivity index (χ2n) is 13.9. The van der Waals surface area contributed by atoms with Crippen molar-refractivity contribution in [1.82, 2.24) is 4.57 Å². The molecule has 0 aliphatic rings. The molecule has 50 heavy (non-hydrogen) atoms. The molecule has 0 atom stereocenters. The molecule has 0 aliphatic carbocycles. The third-order valence-electron chi connectivity index (χ3n) is 10.8. The van der Waals surface area contributed by atoms with Crippen LogP contribution in [0.5, 0.6) is 0 Å². The van der Waals surface area contributed by atoms with Crippen molar-refractivity contribution in [3.05, 3.63) is 174 Å². The summed E-state index contributed by atoms with van der Waals surface area (Å²) in [6.07, 6.45) is 0. The molecule has 10 aromatic rings. The van der Waals surface area contributed by atoms with Crippen LogP contribution in [0.15, 0.2) is 158 Å². The van der Waals surface area contributed by atoms with Crippen molar-refractivity contribution in [3.63, 3.8) is 0 Å². The maximum atomic E-state index is 2.53. The van der Waals surface area contributed by atoms with Crippen LogP contribution in [0.25, 0.3) is 92.8 Å². The molecular formula is C49H35N. The highest BCUT2D eigenvalue weighted by Crippen LogP contribution is 2.45. The van der Waals surface area contributed by atoms with E-state index in [1.54, 1.807) is 0 Å². The van der Waals surface area contributed by atoms with Gasteiger partial charge in [-0.25, -0.2) is 0 Å². The molecule has 0 saturated heterocycles. The lowest BCUT2D eigenvalue weighted by Gasteiger charge is -2.17. The van der Waals surface area contributed by atoms with E-state index in [0.717, 1.165) is 0 Å². The van der Waals surface area contributed by atoms with Crippen LogP contribution in [-0.4, -0.2) is 4.57 Å². The first kappa shape index (κ1) is 28.8. The van der Waals surface area contributed by atoms with Crippen molar-refractivity contribution in [2.75, 3.05) is 0 Å². The zero-order chi connectivity index (χ0) is 33.5. The Balaban J connectivity index is 1.27. The zero-order valence-electron chi connectivity index (χ0n) is 28.5. The number of nitrogens with zero attached hydrogens (tertiary/aromatic N) is 1. The van der Waals surface area contributed by atoms with Crippen LogP contribution < -0.4 is 0 Å². The minimum Gasteiger partial charge on any atom is -0.309 e. The first-order valence-electron chi connectivity index (χ1n) is 17.5. The van der Waals surface area contributed by atoms with Crippen LogP contribution >= 0.6 is 0 Å². The van der Waals surface area contributed by atoms with Gasteiger partial charge in [0.15, 0.2) is 0 Å². The van der Waals surface area contributed by atoms with Gasteiger partial charge in [0.1, 0.15) is 0 Å². The van der Waals surface area contributed by atoms with E-state index in [-0.39, 0.29) is 0 Å². The first-order valence-corrected chi connectivity index (χ1v) is 17.5. The van der Waals surface area contributed by atoms with Crippen molar-refractivity contribution in [1.29, 1.82) is 0 Å². The lowest BCUT2D eigenvalue weighted by atomic mass is 9.91. The number of aromatic nitrogens is 1. The summed E-state index contributed by atoms with van der Waals surface area (Å²) in [4.78, 5) is 0. The minimum atomic E-state index is 1.22. The predicted octanol–water partition coefficient (Wildman–Crippen LogP) is 13.7. The summed E-state index contributed by atoms with van der Waals surface area (Å²) in [5, 5.41) is 12.9. The fraction of sp³-hybridized carbons (Fsp3) is 0.0612. The molecule has 0 aliphatic heterocycles. The maximum absolute atomic E-state index is 2.53. The second kappa shape index (κ2) is 10.9. The second-order valence-corrected chi connectivity index (χ2v) is 13.9. The van der Waals surface area contributed by atoms with Crippen LogP contribution in [0.2, 0.25) is 0 Å². The summed E-state index contributed by atoms with van der Waals surface area (Å²) in [6.45, 7) is 6.70. The molecular weight excluding hydrogens is 603 g/mol. The van der Waals surface area contributed by atoms with Crippen LogP contribution in [-0.2, 0) is 0 Å². The van der Waals surface area contributed by atoms with Crippen molar-refractivity contribution < 1.29 is 0 Å². The zero-order valence-corrected chi connectivity index (χ0v) is 28.5. The lowest BCUT2D eigenvalue weighted by molar-refractivity contribution is 1.11. The summed E-state index contributed by atoms with van der Waals surface area (Å²) in [5.41, 5.74) is 12.6. The van der Waals surface area contributed by atoms with Gasteiger partial charge in [-0.3, -0.25) is 0 Å². The topological polar surface area (TPSA) is 4.93 Å². The lowest BCUT2D eigenvalue weighted by Crippen LogP contribution is -2.01. The Hall–Kier alpha value is -6.18. The van der Waals surface area contributed by atoms with E-state index in [1.807, 2.05) is 0 Å². The quantitative estimate of drug-likeness (QED) is 0.170. The fourth-order valence-corrected chi connectivity index (χ4v) is 8.77. The molecule has 0 bridgehead atoms. The van der Waals surface area contributed by atoms with Gasteiger partial charge >= 0.3 is 0 Å². The van der Waals surface area contributed by atoms with Gasteiger partial charge in [-0.2, -0.15) is 0 Å².